The van der Waals surface area contributed by atoms with Gasteiger partial charge in [0.25, 0.3) is 0 Å². The summed E-state index contributed by atoms with van der Waals surface area (Å²) in [6, 6.07) is 3.84. The number of hydrogen-bond donors (Lipinski definition) is 1. The Bertz CT molecular complexity index is 762. The summed E-state index contributed by atoms with van der Waals surface area (Å²) in [5, 5.41) is 18.4. The first kappa shape index (κ1) is 15.3. The Morgan fingerprint density at radius 2 is 2.04 bits per heavy atom. The van der Waals surface area contributed by atoms with Crippen molar-refractivity contribution in [3.05, 3.63) is 18.0 Å². The summed E-state index contributed by atoms with van der Waals surface area (Å²) >= 11 is 0. The number of aliphatic carboxylic acids is 1. The summed E-state index contributed by atoms with van der Waals surface area (Å²) in [5.41, 5.74) is -0.144. The molecule has 24 heavy (non-hydrogen) atoms. The van der Waals surface area contributed by atoms with Crippen LogP contribution >= 0.6 is 0 Å². The molecule has 1 atom stereocenters. The molecule has 0 aromatic carbocycles. The number of carboxylic acid groups (broad SMARTS) is 1. The second-order valence-corrected chi connectivity index (χ2v) is 6.31. The molecule has 4 rings (SSSR count). The molecule has 2 aliphatic rings. The van der Waals surface area contributed by atoms with Gasteiger partial charge >= 0.3 is 5.97 Å². The largest absolute Gasteiger partial charge is 0.480 e. The van der Waals surface area contributed by atoms with Crippen LogP contribution in [-0.4, -0.2) is 80.7 Å². The van der Waals surface area contributed by atoms with Crippen LogP contribution in [0.5, 0.6) is 0 Å². The number of carboxylic acids is 1. The summed E-state index contributed by atoms with van der Waals surface area (Å²) in [4.78, 5) is 20.2. The van der Waals surface area contributed by atoms with E-state index in [1.807, 2.05) is 24.0 Å². The van der Waals surface area contributed by atoms with Gasteiger partial charge in [0.2, 0.25) is 0 Å². The molecule has 9 nitrogen and oxygen atoms in total. The topological polar surface area (TPSA) is 96.1 Å². The Morgan fingerprint density at radius 1 is 1.25 bits per heavy atom. The summed E-state index contributed by atoms with van der Waals surface area (Å²) in [7, 11) is 0. The predicted molar refractivity (Wildman–Crippen MR) is 85.1 cm³/mol. The van der Waals surface area contributed by atoms with E-state index in [0.717, 1.165) is 24.6 Å². The molecule has 2 aromatic rings. The van der Waals surface area contributed by atoms with E-state index in [1.54, 1.807) is 4.63 Å². The van der Waals surface area contributed by atoms with Crippen LogP contribution in [0.25, 0.3) is 5.65 Å². The molecule has 0 amide bonds. The second-order valence-electron chi connectivity index (χ2n) is 6.31. The number of fused-ring (bicyclic) bond motifs is 1. The molecular formula is C15H20N6O3. The number of rotatable bonds is 3. The van der Waals surface area contributed by atoms with Crippen LogP contribution in [0.4, 0.5) is 5.82 Å². The standard InChI is InChI=1S/C15H20N6O3/c1-11-16-12-2-3-13(18-21(12)17-11)19-5-7-20(8-6-19)15(14(22)23)4-9-24-10-15/h2-3H,4-10H2,1H3,(H,22,23). The fourth-order valence-electron chi connectivity index (χ4n) is 3.52. The summed E-state index contributed by atoms with van der Waals surface area (Å²) < 4.78 is 6.91. The number of aromatic nitrogens is 4. The highest BCUT2D eigenvalue weighted by Crippen LogP contribution is 2.28. The fraction of sp³-hybridized carbons (Fsp3) is 0.600. The Hall–Kier alpha value is -2.26. The number of ether oxygens (including phenoxy) is 1. The molecule has 2 aliphatic heterocycles. The van der Waals surface area contributed by atoms with Crippen LogP contribution in [0.15, 0.2) is 12.1 Å². The van der Waals surface area contributed by atoms with Crippen molar-refractivity contribution in [3.8, 4) is 0 Å². The van der Waals surface area contributed by atoms with Crippen LogP contribution in [0.1, 0.15) is 12.2 Å². The van der Waals surface area contributed by atoms with Gasteiger partial charge in [-0.25, -0.2) is 4.98 Å². The van der Waals surface area contributed by atoms with Crippen molar-refractivity contribution in [1.29, 1.82) is 0 Å². The number of aryl methyl sites for hydroxylation is 1. The summed E-state index contributed by atoms with van der Waals surface area (Å²) in [6.45, 7) is 5.41. The van der Waals surface area contributed by atoms with Crippen LogP contribution in [0, 0.1) is 6.92 Å². The normalized spacial score (nSPS) is 25.5. The van der Waals surface area contributed by atoms with E-state index in [2.05, 4.69) is 20.1 Å². The molecule has 4 heterocycles. The number of anilines is 1. The van der Waals surface area contributed by atoms with Crippen LogP contribution in [0.3, 0.4) is 0 Å². The lowest BCUT2D eigenvalue weighted by atomic mass is 9.95. The molecule has 0 radical (unpaired) electrons. The van der Waals surface area contributed by atoms with E-state index in [1.165, 1.54) is 0 Å². The van der Waals surface area contributed by atoms with Gasteiger partial charge in [0.05, 0.1) is 6.61 Å². The van der Waals surface area contributed by atoms with E-state index in [4.69, 9.17) is 4.74 Å². The zero-order chi connectivity index (χ0) is 16.7. The van der Waals surface area contributed by atoms with E-state index in [0.29, 0.717) is 31.9 Å². The highest BCUT2D eigenvalue weighted by Gasteiger charge is 2.48. The van der Waals surface area contributed by atoms with Crippen LogP contribution < -0.4 is 4.90 Å². The molecule has 0 bridgehead atoms. The minimum absolute atomic E-state index is 0.269. The molecule has 0 aliphatic carbocycles. The highest BCUT2D eigenvalue weighted by molar-refractivity contribution is 5.79. The van der Waals surface area contributed by atoms with Gasteiger partial charge in [0.15, 0.2) is 11.5 Å². The zero-order valence-electron chi connectivity index (χ0n) is 13.6. The molecular weight excluding hydrogens is 312 g/mol. The van der Waals surface area contributed by atoms with Crippen LogP contribution in [0.2, 0.25) is 0 Å². The van der Waals surface area contributed by atoms with Gasteiger partial charge in [0.1, 0.15) is 11.4 Å². The first-order valence-corrected chi connectivity index (χ1v) is 8.10. The lowest BCUT2D eigenvalue weighted by Crippen LogP contribution is -2.61. The van der Waals surface area contributed by atoms with Crippen molar-refractivity contribution in [2.24, 2.45) is 0 Å². The fourth-order valence-corrected chi connectivity index (χ4v) is 3.52. The highest BCUT2D eigenvalue weighted by atomic mass is 16.5. The van der Waals surface area contributed by atoms with Crippen molar-refractivity contribution >= 4 is 17.4 Å². The molecule has 1 unspecified atom stereocenters. The van der Waals surface area contributed by atoms with E-state index in [-0.39, 0.29) is 6.61 Å². The minimum Gasteiger partial charge on any atom is -0.480 e. The average molecular weight is 332 g/mol. The van der Waals surface area contributed by atoms with Gasteiger partial charge in [0, 0.05) is 39.2 Å². The Balaban J connectivity index is 1.49. The third-order valence-corrected chi connectivity index (χ3v) is 4.91. The molecule has 2 aromatic heterocycles. The Labute approximate surface area is 138 Å². The van der Waals surface area contributed by atoms with Crippen molar-refractivity contribution in [2.75, 3.05) is 44.3 Å². The van der Waals surface area contributed by atoms with E-state index in [9.17, 15) is 9.90 Å². The van der Waals surface area contributed by atoms with Gasteiger partial charge in [-0.05, 0) is 19.1 Å². The molecule has 0 spiro atoms. The minimum atomic E-state index is -0.869. The summed E-state index contributed by atoms with van der Waals surface area (Å²) in [6.07, 6.45) is 0.546. The molecule has 1 N–H and O–H groups in total. The van der Waals surface area contributed by atoms with Crippen molar-refractivity contribution < 1.29 is 14.6 Å². The van der Waals surface area contributed by atoms with Crippen molar-refractivity contribution in [3.63, 3.8) is 0 Å². The molecule has 128 valence electrons. The molecule has 0 saturated carbocycles. The van der Waals surface area contributed by atoms with Gasteiger partial charge in [-0.3, -0.25) is 9.69 Å². The maximum atomic E-state index is 11.8. The molecule has 2 fully saturated rings. The number of nitrogens with zero attached hydrogens (tertiary/aromatic N) is 6. The van der Waals surface area contributed by atoms with E-state index < -0.39 is 11.5 Å². The lowest BCUT2D eigenvalue weighted by Gasteiger charge is -2.42. The summed E-state index contributed by atoms with van der Waals surface area (Å²) in [5.74, 6) is 0.735. The monoisotopic (exact) mass is 332 g/mol. The van der Waals surface area contributed by atoms with Gasteiger partial charge in [-0.15, -0.1) is 14.8 Å². The predicted octanol–water partition coefficient (Wildman–Crippen LogP) is -0.202. The zero-order valence-corrected chi connectivity index (χ0v) is 13.6. The maximum absolute atomic E-state index is 11.8. The second kappa shape index (κ2) is 5.67. The molecule has 9 heteroatoms. The van der Waals surface area contributed by atoms with Gasteiger partial charge < -0.3 is 14.7 Å². The number of hydrogen-bond acceptors (Lipinski definition) is 7. The first-order valence-electron chi connectivity index (χ1n) is 8.10. The maximum Gasteiger partial charge on any atom is 0.326 e. The third-order valence-electron chi connectivity index (χ3n) is 4.91. The molecule has 2 saturated heterocycles. The third kappa shape index (κ3) is 2.40. The quantitative estimate of drug-likeness (QED) is 0.825. The first-order chi connectivity index (χ1) is 11.6. The Kier molecular flexibility index (Phi) is 3.61. The van der Waals surface area contributed by atoms with E-state index >= 15 is 0 Å². The van der Waals surface area contributed by atoms with Crippen molar-refractivity contribution in [2.45, 2.75) is 18.9 Å². The van der Waals surface area contributed by atoms with Crippen LogP contribution in [-0.2, 0) is 9.53 Å². The van der Waals surface area contributed by atoms with Crippen molar-refractivity contribution in [1.82, 2.24) is 24.7 Å². The average Bonchev–Trinajstić information content (AvgIpc) is 3.20. The number of carbonyl (C=O) groups is 1. The number of piperazine rings is 1. The van der Waals surface area contributed by atoms with Gasteiger partial charge in [-0.2, -0.15) is 0 Å². The smallest absolute Gasteiger partial charge is 0.326 e. The SMILES string of the molecule is Cc1nc2ccc(N3CCN(C4(C(=O)O)CCOC4)CC3)nn2n1. The van der Waals surface area contributed by atoms with Gasteiger partial charge in [-0.1, -0.05) is 0 Å². The Morgan fingerprint density at radius 3 is 2.71 bits per heavy atom. The lowest BCUT2D eigenvalue weighted by molar-refractivity contribution is -0.152.